The number of piperidine rings is 1. The van der Waals surface area contributed by atoms with Gasteiger partial charge in [-0.2, -0.15) is 17.4 Å². The van der Waals surface area contributed by atoms with E-state index < -0.39 is 22.2 Å². The highest BCUT2D eigenvalue weighted by Gasteiger charge is 2.37. The molecule has 0 saturated carbocycles. The molecule has 1 N–H and O–H groups in total. The third-order valence-corrected chi connectivity index (χ3v) is 5.42. The molecule has 2 fully saturated rings. The largest absolute Gasteiger partial charge is 0.465 e. The Morgan fingerprint density at radius 2 is 2.14 bits per heavy atom. The van der Waals surface area contributed by atoms with Gasteiger partial charge in [0.15, 0.2) is 0 Å². The summed E-state index contributed by atoms with van der Waals surface area (Å²) in [6.07, 6.45) is 3.87. The fraction of sp³-hybridized carbons (Fsp3) is 0.923. The van der Waals surface area contributed by atoms with E-state index in [1.165, 1.54) is 4.31 Å². The Hall–Kier alpha value is -0.700. The molecule has 122 valence electrons. The van der Waals surface area contributed by atoms with Gasteiger partial charge in [-0.1, -0.05) is 0 Å². The van der Waals surface area contributed by atoms with Gasteiger partial charge in [0.1, 0.15) is 6.04 Å². The molecule has 21 heavy (non-hydrogen) atoms. The first-order valence-electron chi connectivity index (χ1n) is 7.59. The van der Waals surface area contributed by atoms with Gasteiger partial charge in [0, 0.05) is 19.7 Å². The van der Waals surface area contributed by atoms with Crippen molar-refractivity contribution in [3.05, 3.63) is 0 Å². The van der Waals surface area contributed by atoms with Gasteiger partial charge >= 0.3 is 5.97 Å². The molecule has 0 bridgehead atoms. The second-order valence-electron chi connectivity index (χ2n) is 5.36. The van der Waals surface area contributed by atoms with E-state index in [-0.39, 0.29) is 19.3 Å². The highest BCUT2D eigenvalue weighted by Crippen LogP contribution is 2.21. The predicted molar refractivity (Wildman–Crippen MR) is 76.9 cm³/mol. The predicted octanol–water partition coefficient (Wildman–Crippen LogP) is 0.417. The molecule has 0 aromatic rings. The summed E-state index contributed by atoms with van der Waals surface area (Å²) in [5.41, 5.74) is 0. The number of hydrogen-bond acceptors (Lipinski definition) is 5. The van der Waals surface area contributed by atoms with E-state index >= 15 is 0 Å². The fourth-order valence-electron chi connectivity index (χ4n) is 2.75. The molecule has 0 radical (unpaired) electrons. The fourth-order valence-corrected chi connectivity index (χ4v) is 4.21. The van der Waals surface area contributed by atoms with Crippen LogP contribution < -0.4 is 4.72 Å². The molecule has 8 heteroatoms. The quantitative estimate of drug-likeness (QED) is 0.717. The molecule has 2 heterocycles. The SMILES string of the molecule is CCOC(=O)[C@H]1CCCCN1S(=O)(=O)NC[C@H]1CCCO1. The van der Waals surface area contributed by atoms with Crippen LogP contribution in [0.1, 0.15) is 39.0 Å². The molecule has 0 aromatic heterocycles. The average Bonchev–Trinajstić information content (AvgIpc) is 2.99. The van der Waals surface area contributed by atoms with E-state index in [9.17, 15) is 13.2 Å². The lowest BCUT2D eigenvalue weighted by Crippen LogP contribution is -2.53. The van der Waals surface area contributed by atoms with Crippen LogP contribution >= 0.6 is 0 Å². The normalized spacial score (nSPS) is 27.7. The Morgan fingerprint density at radius 1 is 1.33 bits per heavy atom. The Bertz CT molecular complexity index is 447. The van der Waals surface area contributed by atoms with Crippen LogP contribution in [0.15, 0.2) is 0 Å². The molecular weight excluding hydrogens is 296 g/mol. The molecule has 2 saturated heterocycles. The molecule has 0 aliphatic carbocycles. The number of hydrogen-bond donors (Lipinski definition) is 1. The number of ether oxygens (including phenoxy) is 2. The zero-order chi connectivity index (χ0) is 15.3. The maximum atomic E-state index is 12.4. The summed E-state index contributed by atoms with van der Waals surface area (Å²) in [5.74, 6) is -0.459. The third-order valence-electron chi connectivity index (χ3n) is 3.84. The van der Waals surface area contributed by atoms with E-state index in [2.05, 4.69) is 4.72 Å². The summed E-state index contributed by atoms with van der Waals surface area (Å²) in [4.78, 5) is 11.9. The smallest absolute Gasteiger partial charge is 0.324 e. The van der Waals surface area contributed by atoms with Gasteiger partial charge in [-0.3, -0.25) is 4.79 Å². The van der Waals surface area contributed by atoms with Gasteiger partial charge < -0.3 is 9.47 Å². The summed E-state index contributed by atoms with van der Waals surface area (Å²) in [6.45, 7) is 3.27. The molecule has 2 aliphatic rings. The van der Waals surface area contributed by atoms with Crippen LogP contribution in [-0.2, 0) is 24.5 Å². The molecular formula is C13H24N2O5S. The van der Waals surface area contributed by atoms with Crippen molar-refractivity contribution in [2.45, 2.75) is 51.2 Å². The topological polar surface area (TPSA) is 84.9 Å². The Morgan fingerprint density at radius 3 is 2.81 bits per heavy atom. The van der Waals surface area contributed by atoms with Crippen molar-refractivity contribution in [1.29, 1.82) is 0 Å². The number of carbonyl (C=O) groups excluding carboxylic acids is 1. The van der Waals surface area contributed by atoms with E-state index in [0.717, 1.165) is 25.7 Å². The van der Waals surface area contributed by atoms with Crippen molar-refractivity contribution < 1.29 is 22.7 Å². The lowest BCUT2D eigenvalue weighted by atomic mass is 10.1. The van der Waals surface area contributed by atoms with Crippen LogP contribution in [0.3, 0.4) is 0 Å². The van der Waals surface area contributed by atoms with E-state index in [0.29, 0.717) is 19.6 Å². The van der Waals surface area contributed by atoms with E-state index in [4.69, 9.17) is 9.47 Å². The molecule has 2 atom stereocenters. The van der Waals surface area contributed by atoms with Crippen LogP contribution in [0.25, 0.3) is 0 Å². The van der Waals surface area contributed by atoms with Crippen molar-refractivity contribution in [3.63, 3.8) is 0 Å². The van der Waals surface area contributed by atoms with Gasteiger partial charge in [-0.25, -0.2) is 0 Å². The zero-order valence-corrected chi connectivity index (χ0v) is 13.2. The van der Waals surface area contributed by atoms with Crippen molar-refractivity contribution in [2.24, 2.45) is 0 Å². The zero-order valence-electron chi connectivity index (χ0n) is 12.4. The van der Waals surface area contributed by atoms with Gasteiger partial charge in [-0.15, -0.1) is 0 Å². The average molecular weight is 320 g/mol. The Kier molecular flexibility index (Phi) is 5.98. The van der Waals surface area contributed by atoms with Gasteiger partial charge in [0.2, 0.25) is 0 Å². The monoisotopic (exact) mass is 320 g/mol. The first-order chi connectivity index (χ1) is 10.0. The minimum Gasteiger partial charge on any atom is -0.465 e. The van der Waals surface area contributed by atoms with E-state index in [1.807, 2.05) is 0 Å². The summed E-state index contributed by atoms with van der Waals surface area (Å²) in [7, 11) is -3.68. The van der Waals surface area contributed by atoms with Crippen LogP contribution in [0.2, 0.25) is 0 Å². The minimum atomic E-state index is -3.68. The van der Waals surface area contributed by atoms with Crippen LogP contribution in [0, 0.1) is 0 Å². The van der Waals surface area contributed by atoms with Crippen LogP contribution in [0.5, 0.6) is 0 Å². The lowest BCUT2D eigenvalue weighted by Gasteiger charge is -2.33. The van der Waals surface area contributed by atoms with Gasteiger partial charge in [-0.05, 0) is 39.0 Å². The van der Waals surface area contributed by atoms with Crippen molar-refractivity contribution >= 4 is 16.2 Å². The van der Waals surface area contributed by atoms with Crippen molar-refractivity contribution in [2.75, 3.05) is 26.3 Å². The standard InChI is InChI=1S/C13H24N2O5S/c1-2-19-13(16)12-7-3-4-8-15(12)21(17,18)14-10-11-6-5-9-20-11/h11-12,14H,2-10H2,1H3/t11-,12-/m1/s1. The molecule has 0 amide bonds. The highest BCUT2D eigenvalue weighted by atomic mass is 32.2. The summed E-state index contributed by atoms with van der Waals surface area (Å²) in [5, 5.41) is 0. The Balaban J connectivity index is 1.98. The van der Waals surface area contributed by atoms with Crippen LogP contribution in [0.4, 0.5) is 0 Å². The maximum Gasteiger partial charge on any atom is 0.324 e. The number of esters is 1. The number of carbonyl (C=O) groups is 1. The van der Waals surface area contributed by atoms with Gasteiger partial charge in [0.05, 0.1) is 12.7 Å². The lowest BCUT2D eigenvalue weighted by molar-refractivity contribution is -0.148. The number of nitrogens with one attached hydrogen (secondary N) is 1. The first kappa shape index (κ1) is 16.7. The maximum absolute atomic E-state index is 12.4. The molecule has 2 rings (SSSR count). The second-order valence-corrected chi connectivity index (χ2v) is 7.07. The van der Waals surface area contributed by atoms with Gasteiger partial charge in [0.25, 0.3) is 10.2 Å². The summed E-state index contributed by atoms with van der Waals surface area (Å²) >= 11 is 0. The highest BCUT2D eigenvalue weighted by molar-refractivity contribution is 7.87. The third kappa shape index (κ3) is 4.38. The second kappa shape index (κ2) is 7.53. The molecule has 0 unspecified atom stereocenters. The number of rotatable bonds is 6. The molecule has 2 aliphatic heterocycles. The minimum absolute atomic E-state index is 0.0643. The van der Waals surface area contributed by atoms with Crippen molar-refractivity contribution in [1.82, 2.24) is 9.03 Å². The number of nitrogens with zero attached hydrogens (tertiary/aromatic N) is 1. The van der Waals surface area contributed by atoms with Crippen molar-refractivity contribution in [3.8, 4) is 0 Å². The summed E-state index contributed by atoms with van der Waals surface area (Å²) < 4.78 is 39.0. The molecule has 7 nitrogen and oxygen atoms in total. The van der Waals surface area contributed by atoms with Crippen LogP contribution in [-0.4, -0.2) is 57.1 Å². The summed E-state index contributed by atoms with van der Waals surface area (Å²) in [6, 6.07) is -0.708. The Labute approximate surface area is 126 Å². The molecule has 0 spiro atoms. The van der Waals surface area contributed by atoms with E-state index in [1.54, 1.807) is 6.92 Å². The first-order valence-corrected chi connectivity index (χ1v) is 9.03. The molecule has 0 aromatic carbocycles.